The van der Waals surface area contributed by atoms with Gasteiger partial charge in [-0.05, 0) is 81.2 Å². The normalized spacial score (nSPS) is 14.5. The van der Waals surface area contributed by atoms with E-state index in [1.807, 2.05) is 0 Å². The topological polar surface area (TPSA) is 31.2 Å². The number of para-hydroxylation sites is 1. The monoisotopic (exact) mass is 587 g/mol. The van der Waals surface area contributed by atoms with Crippen LogP contribution in [0.4, 0.5) is 0 Å². The van der Waals surface area contributed by atoms with E-state index in [-0.39, 0.29) is 5.41 Å². The molecule has 0 spiro atoms. The second-order valence-electron chi connectivity index (χ2n) is 13.6. The van der Waals surface area contributed by atoms with Crippen LogP contribution in [0, 0.1) is 0 Å². The van der Waals surface area contributed by atoms with Gasteiger partial charge in [0, 0.05) is 43.1 Å². The van der Waals surface area contributed by atoms with Crippen LogP contribution in [0.25, 0.3) is 104 Å². The highest BCUT2D eigenvalue weighted by molar-refractivity contribution is 6.38. The molecular weight excluding hydrogens is 562 g/mol. The Hall–Kier alpha value is -5.80. The van der Waals surface area contributed by atoms with Crippen LogP contribution in [0.1, 0.15) is 25.0 Å². The molecule has 2 aliphatic rings. The Balaban J connectivity index is 1.30. The highest BCUT2D eigenvalue weighted by atomic mass is 16.3. The lowest BCUT2D eigenvalue weighted by Gasteiger charge is -2.21. The van der Waals surface area contributed by atoms with Crippen LogP contribution in [-0.2, 0) is 5.41 Å². The van der Waals surface area contributed by atoms with Gasteiger partial charge in [0.05, 0.1) is 16.7 Å². The van der Waals surface area contributed by atoms with Crippen molar-refractivity contribution in [3.63, 3.8) is 0 Å². The number of hydrogen-bond acceptors (Lipinski definition) is 2. The van der Waals surface area contributed by atoms with Crippen molar-refractivity contribution in [3.8, 4) is 27.9 Å². The van der Waals surface area contributed by atoms with Crippen LogP contribution in [0.3, 0.4) is 0 Å². The summed E-state index contributed by atoms with van der Waals surface area (Å²) in [4.78, 5) is 0. The fourth-order valence-electron chi connectivity index (χ4n) is 9.13. The number of hydrogen-bond donors (Lipinski definition) is 0. The molecule has 0 saturated carbocycles. The van der Waals surface area contributed by atoms with Crippen LogP contribution in [0.15, 0.2) is 124 Å². The fraction of sp³-hybridized carbons (Fsp3) is 0.0698. The Morgan fingerprint density at radius 1 is 0.478 bits per heavy atom. The molecule has 0 aliphatic heterocycles. The molecule has 3 aromatic heterocycles. The first-order valence-electron chi connectivity index (χ1n) is 16.0. The lowest BCUT2D eigenvalue weighted by molar-refractivity contribution is 0.660. The molecule has 3 heterocycles. The van der Waals surface area contributed by atoms with Crippen LogP contribution in [-0.4, -0.2) is 4.57 Å². The number of aromatic nitrogens is 1. The lowest BCUT2D eigenvalue weighted by atomic mass is 9.82. The summed E-state index contributed by atoms with van der Waals surface area (Å²) >= 11 is 0. The van der Waals surface area contributed by atoms with Gasteiger partial charge in [0.25, 0.3) is 0 Å². The molecule has 0 N–H and O–H groups in total. The van der Waals surface area contributed by atoms with E-state index in [1.165, 1.54) is 87.5 Å². The summed E-state index contributed by atoms with van der Waals surface area (Å²) in [6.07, 6.45) is 0. The highest BCUT2D eigenvalue weighted by Crippen LogP contribution is 2.54. The molecule has 0 radical (unpaired) electrons. The third-order valence-electron chi connectivity index (χ3n) is 11.1. The number of fused-ring (bicyclic) bond motifs is 7. The van der Waals surface area contributed by atoms with Gasteiger partial charge in [-0.25, -0.2) is 0 Å². The van der Waals surface area contributed by atoms with Crippen LogP contribution in [0.2, 0.25) is 0 Å². The zero-order valence-corrected chi connectivity index (χ0v) is 25.2. The number of benzene rings is 7. The summed E-state index contributed by atoms with van der Waals surface area (Å²) in [5.74, 6) is 0. The molecule has 214 valence electrons. The number of furan rings is 2. The highest BCUT2D eigenvalue weighted by Gasteiger charge is 2.36. The molecule has 0 unspecified atom stereocenters. The summed E-state index contributed by atoms with van der Waals surface area (Å²) in [7, 11) is 0. The van der Waals surface area contributed by atoms with Gasteiger partial charge in [0.1, 0.15) is 16.7 Å². The van der Waals surface area contributed by atoms with Crippen molar-refractivity contribution in [3.05, 3.63) is 126 Å². The van der Waals surface area contributed by atoms with E-state index in [4.69, 9.17) is 8.83 Å². The smallest absolute Gasteiger partial charge is 0.160 e. The van der Waals surface area contributed by atoms with Gasteiger partial charge in [0.2, 0.25) is 0 Å². The Morgan fingerprint density at radius 2 is 1.20 bits per heavy atom. The summed E-state index contributed by atoms with van der Waals surface area (Å²) in [5.41, 5.74) is 14.8. The van der Waals surface area contributed by atoms with E-state index in [1.54, 1.807) is 0 Å². The van der Waals surface area contributed by atoms with Gasteiger partial charge in [-0.2, -0.15) is 0 Å². The van der Waals surface area contributed by atoms with Gasteiger partial charge in [-0.1, -0.05) is 86.6 Å². The van der Waals surface area contributed by atoms with E-state index in [0.29, 0.717) is 0 Å². The molecule has 0 fully saturated rings. The molecule has 2 aliphatic carbocycles. The third kappa shape index (κ3) is 2.51. The molecule has 10 aromatic rings. The van der Waals surface area contributed by atoms with Crippen molar-refractivity contribution >= 4 is 76.5 Å². The summed E-state index contributed by atoms with van der Waals surface area (Å²) < 4.78 is 15.9. The van der Waals surface area contributed by atoms with Gasteiger partial charge in [-0.15, -0.1) is 0 Å². The van der Waals surface area contributed by atoms with E-state index in [2.05, 4.69) is 134 Å². The summed E-state index contributed by atoms with van der Waals surface area (Å²) in [6.45, 7) is 4.71. The van der Waals surface area contributed by atoms with Crippen LogP contribution in [0.5, 0.6) is 0 Å². The first kappa shape index (κ1) is 23.6. The van der Waals surface area contributed by atoms with Gasteiger partial charge in [0.15, 0.2) is 5.58 Å². The zero-order valence-electron chi connectivity index (χ0n) is 25.2. The molecule has 0 amide bonds. The Kier molecular flexibility index (Phi) is 3.85. The maximum atomic E-state index is 6.98. The fourth-order valence-corrected chi connectivity index (χ4v) is 9.13. The van der Waals surface area contributed by atoms with E-state index >= 15 is 0 Å². The number of rotatable bonds is 1. The van der Waals surface area contributed by atoms with Crippen molar-refractivity contribution in [2.24, 2.45) is 0 Å². The van der Waals surface area contributed by atoms with Gasteiger partial charge >= 0.3 is 0 Å². The van der Waals surface area contributed by atoms with E-state index in [0.717, 1.165) is 28.0 Å². The average molecular weight is 588 g/mol. The quantitative estimate of drug-likeness (QED) is 0.191. The molecule has 3 heteroatoms. The lowest BCUT2D eigenvalue weighted by Crippen LogP contribution is -2.15. The number of nitrogens with zero attached hydrogens (tertiary/aromatic N) is 1. The first-order valence-corrected chi connectivity index (χ1v) is 16.0. The van der Waals surface area contributed by atoms with Crippen molar-refractivity contribution in [2.45, 2.75) is 19.3 Å². The zero-order chi connectivity index (χ0) is 30.1. The minimum atomic E-state index is -0.100. The van der Waals surface area contributed by atoms with Gasteiger partial charge in [-0.3, -0.25) is 0 Å². The Morgan fingerprint density at radius 3 is 2.07 bits per heavy atom. The van der Waals surface area contributed by atoms with E-state index < -0.39 is 0 Å². The maximum Gasteiger partial charge on any atom is 0.160 e. The predicted molar refractivity (Wildman–Crippen MR) is 189 cm³/mol. The van der Waals surface area contributed by atoms with Crippen LogP contribution < -0.4 is 0 Å². The van der Waals surface area contributed by atoms with Crippen molar-refractivity contribution in [2.75, 3.05) is 0 Å². The minimum absolute atomic E-state index is 0.100. The standard InChI is InChI=1S/C43H25NO2/c1-43(2)29-13-5-3-9-23(29)27-20-28-24-10-4-6-14-31(24)44(32(28)21-30(27)43)33-19-22-17-18-36-40-37(22)41-39-26(12-8-16-35(39)46-42(33)41)25-11-7-15-34(45-36)38(25)40/h3-21H,1-2H3. The molecule has 0 bridgehead atoms. The minimum Gasteiger partial charge on any atom is -0.456 e. The Bertz CT molecular complexity index is 3050. The SMILES string of the molecule is CC1(C)c2ccccc2-c2cc3c4ccccc4n(-c4cc5ccc6oc7cccc8c7c6c5c5c4oc4cccc-8c45)c3cc21. The summed E-state index contributed by atoms with van der Waals surface area (Å²) in [6, 6.07) is 42.2. The van der Waals surface area contributed by atoms with Crippen molar-refractivity contribution in [1.82, 2.24) is 4.57 Å². The van der Waals surface area contributed by atoms with Crippen LogP contribution >= 0.6 is 0 Å². The molecule has 0 atom stereocenters. The molecule has 46 heavy (non-hydrogen) atoms. The second kappa shape index (κ2) is 7.52. The van der Waals surface area contributed by atoms with Crippen molar-refractivity contribution in [1.29, 1.82) is 0 Å². The molecule has 0 saturated heterocycles. The predicted octanol–water partition coefficient (Wildman–Crippen LogP) is 12.0. The van der Waals surface area contributed by atoms with Gasteiger partial charge < -0.3 is 13.4 Å². The molecule has 3 nitrogen and oxygen atoms in total. The maximum absolute atomic E-state index is 6.98. The summed E-state index contributed by atoms with van der Waals surface area (Å²) in [5, 5.41) is 9.62. The van der Waals surface area contributed by atoms with E-state index in [9.17, 15) is 0 Å². The molecule has 12 rings (SSSR count). The van der Waals surface area contributed by atoms with Crippen molar-refractivity contribution < 1.29 is 8.83 Å². The first-order chi connectivity index (χ1) is 22.6. The average Bonchev–Trinajstić information content (AvgIpc) is 3.78. The molecule has 7 aromatic carbocycles. The third-order valence-corrected chi connectivity index (χ3v) is 11.1. The second-order valence-corrected chi connectivity index (χ2v) is 13.6. The Labute approximate surface area is 262 Å². The molecular formula is C43H25NO2. The largest absolute Gasteiger partial charge is 0.456 e.